The van der Waals surface area contributed by atoms with Crippen LogP contribution in [-0.4, -0.2) is 39.7 Å². The second-order valence-electron chi connectivity index (χ2n) is 5.81. The molecule has 0 aliphatic carbocycles. The van der Waals surface area contributed by atoms with Crippen LogP contribution in [0.4, 0.5) is 0 Å². The Balaban J connectivity index is 2.03. The number of oxime groups is 1. The zero-order valence-corrected chi connectivity index (χ0v) is 11.9. The van der Waals surface area contributed by atoms with Crippen molar-refractivity contribution in [2.45, 2.75) is 38.3 Å². The highest BCUT2D eigenvalue weighted by molar-refractivity contribution is 5.97. The number of nitrogens with zero attached hydrogens (tertiary/aromatic N) is 2. The molecule has 4 N–H and O–H groups in total. The van der Waals surface area contributed by atoms with E-state index < -0.39 is 5.60 Å². The van der Waals surface area contributed by atoms with E-state index in [1.54, 1.807) is 0 Å². The summed E-state index contributed by atoms with van der Waals surface area (Å²) in [5.41, 5.74) is 6.94. The van der Waals surface area contributed by atoms with Gasteiger partial charge < -0.3 is 16.0 Å². The smallest absolute Gasteiger partial charge is 0.170 e. The maximum Gasteiger partial charge on any atom is 0.170 e. The Morgan fingerprint density at radius 3 is 2.95 bits per heavy atom. The summed E-state index contributed by atoms with van der Waals surface area (Å²) in [7, 11) is 0. The second-order valence-corrected chi connectivity index (χ2v) is 5.81. The Bertz CT molecular complexity index is 486. The van der Waals surface area contributed by atoms with Gasteiger partial charge in [0.1, 0.15) is 0 Å². The first kappa shape index (κ1) is 14.8. The van der Waals surface area contributed by atoms with Crippen LogP contribution < -0.4 is 5.73 Å². The normalized spacial score (nSPS) is 25.4. The van der Waals surface area contributed by atoms with Gasteiger partial charge in [-0.15, -0.1) is 0 Å². The number of nitrogens with two attached hydrogens (primary N) is 1. The largest absolute Gasteiger partial charge is 0.409 e. The van der Waals surface area contributed by atoms with Crippen molar-refractivity contribution in [3.8, 4) is 0 Å². The maximum absolute atomic E-state index is 10.1. The first-order valence-electron chi connectivity index (χ1n) is 7.02. The predicted octanol–water partition coefficient (Wildman–Crippen LogP) is 1.52. The summed E-state index contributed by atoms with van der Waals surface area (Å²) in [6.45, 7) is 4.61. The quantitative estimate of drug-likeness (QED) is 0.338. The highest BCUT2D eigenvalue weighted by atomic mass is 16.4. The molecule has 2 rings (SSSR count). The standard InChI is InChI=1S/C15H23N3O2/c1-15(19)6-3-8-18(9-7-15)11-12-4-2-5-13(10-12)14(16)17-20/h2,4-5,10,19-20H,3,6-9,11H2,1H3,(H2,16,17). The van der Waals surface area contributed by atoms with E-state index >= 15 is 0 Å². The van der Waals surface area contributed by atoms with E-state index in [-0.39, 0.29) is 5.84 Å². The summed E-state index contributed by atoms with van der Waals surface area (Å²) in [5, 5.41) is 21.8. The van der Waals surface area contributed by atoms with Gasteiger partial charge in [0.25, 0.3) is 0 Å². The average Bonchev–Trinajstić information content (AvgIpc) is 2.60. The number of hydrogen-bond acceptors (Lipinski definition) is 4. The Kier molecular flexibility index (Phi) is 4.62. The van der Waals surface area contributed by atoms with E-state index in [0.29, 0.717) is 0 Å². The molecular formula is C15H23N3O2. The molecule has 5 heteroatoms. The fourth-order valence-electron chi connectivity index (χ4n) is 2.62. The maximum atomic E-state index is 10.1. The molecule has 20 heavy (non-hydrogen) atoms. The molecule has 1 aliphatic heterocycles. The summed E-state index contributed by atoms with van der Waals surface area (Å²) in [5.74, 6) is 0.130. The molecular weight excluding hydrogens is 254 g/mol. The molecule has 1 heterocycles. The first-order valence-corrected chi connectivity index (χ1v) is 7.02. The predicted molar refractivity (Wildman–Crippen MR) is 78.7 cm³/mol. The van der Waals surface area contributed by atoms with E-state index in [1.807, 2.05) is 31.2 Å². The van der Waals surface area contributed by atoms with Crippen molar-refractivity contribution in [3.05, 3.63) is 35.4 Å². The van der Waals surface area contributed by atoms with Crippen LogP contribution in [0.15, 0.2) is 29.4 Å². The lowest BCUT2D eigenvalue weighted by molar-refractivity contribution is 0.0444. The highest BCUT2D eigenvalue weighted by Crippen LogP contribution is 2.22. The van der Waals surface area contributed by atoms with Crippen molar-refractivity contribution in [2.75, 3.05) is 13.1 Å². The molecule has 0 aromatic heterocycles. The topological polar surface area (TPSA) is 82.1 Å². The number of benzene rings is 1. The van der Waals surface area contributed by atoms with Crippen LogP contribution in [0, 0.1) is 0 Å². The van der Waals surface area contributed by atoms with Gasteiger partial charge in [-0.1, -0.05) is 23.4 Å². The van der Waals surface area contributed by atoms with E-state index in [2.05, 4.69) is 10.1 Å². The summed E-state index contributed by atoms with van der Waals surface area (Å²) < 4.78 is 0. The third-order valence-corrected chi connectivity index (χ3v) is 3.89. The lowest BCUT2D eigenvalue weighted by atomic mass is 9.98. The number of rotatable bonds is 3. The SMILES string of the molecule is CC1(O)CCCN(Cc2cccc(/C(N)=N/O)c2)CC1. The molecule has 1 aromatic carbocycles. The van der Waals surface area contributed by atoms with Crippen molar-refractivity contribution in [2.24, 2.45) is 10.9 Å². The lowest BCUT2D eigenvalue weighted by Gasteiger charge is -2.22. The number of amidine groups is 1. The molecule has 5 nitrogen and oxygen atoms in total. The van der Waals surface area contributed by atoms with Crippen LogP contribution in [-0.2, 0) is 6.54 Å². The van der Waals surface area contributed by atoms with Crippen LogP contribution in [0.1, 0.15) is 37.3 Å². The molecule has 1 atom stereocenters. The van der Waals surface area contributed by atoms with Gasteiger partial charge in [-0.3, -0.25) is 4.90 Å². The lowest BCUT2D eigenvalue weighted by Crippen LogP contribution is -2.28. The summed E-state index contributed by atoms with van der Waals surface area (Å²) in [6.07, 6.45) is 2.66. The zero-order valence-electron chi connectivity index (χ0n) is 11.9. The van der Waals surface area contributed by atoms with Crippen LogP contribution in [0.5, 0.6) is 0 Å². The third kappa shape index (κ3) is 3.95. The average molecular weight is 277 g/mol. The zero-order chi connectivity index (χ0) is 14.6. The molecule has 1 unspecified atom stereocenters. The van der Waals surface area contributed by atoms with E-state index in [1.165, 1.54) is 0 Å². The molecule has 0 amide bonds. The van der Waals surface area contributed by atoms with Gasteiger partial charge in [-0.05, 0) is 44.4 Å². The first-order chi connectivity index (χ1) is 9.50. The van der Waals surface area contributed by atoms with Gasteiger partial charge in [0.15, 0.2) is 5.84 Å². The van der Waals surface area contributed by atoms with Crippen LogP contribution in [0.2, 0.25) is 0 Å². The van der Waals surface area contributed by atoms with E-state index in [0.717, 1.165) is 50.0 Å². The minimum absolute atomic E-state index is 0.130. The number of likely N-dealkylation sites (tertiary alicyclic amines) is 1. The summed E-state index contributed by atoms with van der Waals surface area (Å²) in [4.78, 5) is 2.34. The van der Waals surface area contributed by atoms with Crippen molar-refractivity contribution in [1.29, 1.82) is 0 Å². The van der Waals surface area contributed by atoms with Gasteiger partial charge in [0.2, 0.25) is 0 Å². The molecule has 1 saturated heterocycles. The van der Waals surface area contributed by atoms with Crippen LogP contribution in [0.25, 0.3) is 0 Å². The molecule has 0 bridgehead atoms. The number of hydrogen-bond donors (Lipinski definition) is 3. The van der Waals surface area contributed by atoms with E-state index in [9.17, 15) is 5.11 Å². The fourth-order valence-corrected chi connectivity index (χ4v) is 2.62. The van der Waals surface area contributed by atoms with Crippen LogP contribution in [0.3, 0.4) is 0 Å². The van der Waals surface area contributed by atoms with Gasteiger partial charge in [0.05, 0.1) is 5.60 Å². The van der Waals surface area contributed by atoms with Crippen molar-refractivity contribution < 1.29 is 10.3 Å². The molecule has 0 radical (unpaired) electrons. The molecule has 1 aromatic rings. The fraction of sp³-hybridized carbons (Fsp3) is 0.533. The molecule has 1 aliphatic rings. The summed E-state index contributed by atoms with van der Waals surface area (Å²) >= 11 is 0. The molecule has 0 saturated carbocycles. The Labute approximate surface area is 119 Å². The minimum atomic E-state index is -0.537. The van der Waals surface area contributed by atoms with Crippen molar-refractivity contribution >= 4 is 5.84 Å². The van der Waals surface area contributed by atoms with Crippen LogP contribution >= 0.6 is 0 Å². The number of aliphatic hydroxyl groups is 1. The van der Waals surface area contributed by atoms with Gasteiger partial charge in [-0.25, -0.2) is 0 Å². The Morgan fingerprint density at radius 2 is 2.20 bits per heavy atom. The molecule has 1 fully saturated rings. The monoisotopic (exact) mass is 277 g/mol. The van der Waals surface area contributed by atoms with Crippen molar-refractivity contribution in [1.82, 2.24) is 4.90 Å². The van der Waals surface area contributed by atoms with Crippen molar-refractivity contribution in [3.63, 3.8) is 0 Å². The second kappa shape index (κ2) is 6.24. The van der Waals surface area contributed by atoms with Gasteiger partial charge in [-0.2, -0.15) is 0 Å². The van der Waals surface area contributed by atoms with Gasteiger partial charge >= 0.3 is 0 Å². The summed E-state index contributed by atoms with van der Waals surface area (Å²) in [6, 6.07) is 7.72. The third-order valence-electron chi connectivity index (χ3n) is 3.89. The van der Waals surface area contributed by atoms with Gasteiger partial charge in [0, 0.05) is 18.7 Å². The highest BCUT2D eigenvalue weighted by Gasteiger charge is 2.24. The molecule has 110 valence electrons. The molecule has 0 spiro atoms. The van der Waals surface area contributed by atoms with E-state index in [4.69, 9.17) is 10.9 Å². The Morgan fingerprint density at radius 1 is 1.40 bits per heavy atom. The minimum Gasteiger partial charge on any atom is -0.409 e. The Hall–Kier alpha value is -1.59.